The van der Waals surface area contributed by atoms with Crippen LogP contribution < -0.4 is 5.32 Å². The van der Waals surface area contributed by atoms with E-state index in [1.54, 1.807) is 11.9 Å². The molecule has 120 valence electrons. The van der Waals surface area contributed by atoms with Gasteiger partial charge in [-0.25, -0.2) is 4.79 Å². The number of carboxylic acid groups (broad SMARTS) is 1. The van der Waals surface area contributed by atoms with Crippen molar-refractivity contribution in [1.29, 1.82) is 0 Å². The molecule has 21 heavy (non-hydrogen) atoms. The number of carbonyl (C=O) groups is 3. The van der Waals surface area contributed by atoms with Gasteiger partial charge in [0.2, 0.25) is 5.91 Å². The van der Waals surface area contributed by atoms with Crippen LogP contribution in [-0.4, -0.2) is 65.5 Å². The number of aliphatic carboxylic acids is 1. The van der Waals surface area contributed by atoms with Crippen LogP contribution in [0.2, 0.25) is 0 Å². The minimum atomic E-state index is -0.875. The quantitative estimate of drug-likeness (QED) is 0.757. The van der Waals surface area contributed by atoms with Gasteiger partial charge in [-0.1, -0.05) is 6.42 Å². The number of nitrogens with one attached hydrogen (secondary N) is 1. The first-order chi connectivity index (χ1) is 9.90. The second-order valence-corrected chi connectivity index (χ2v) is 5.35. The van der Waals surface area contributed by atoms with Gasteiger partial charge in [0.1, 0.15) is 6.54 Å². The molecule has 3 amide bonds. The van der Waals surface area contributed by atoms with Gasteiger partial charge in [0.25, 0.3) is 0 Å². The van der Waals surface area contributed by atoms with E-state index in [0.29, 0.717) is 25.9 Å². The SMILES string of the molecule is CCN(CC)C(=O)CN(C)C(=O)NC1CCCC1C(=O)O. The highest BCUT2D eigenvalue weighted by atomic mass is 16.4. The first-order valence-electron chi connectivity index (χ1n) is 7.42. The van der Waals surface area contributed by atoms with E-state index < -0.39 is 17.9 Å². The van der Waals surface area contributed by atoms with Gasteiger partial charge in [0, 0.05) is 26.2 Å². The molecule has 2 unspecified atom stereocenters. The fourth-order valence-electron chi connectivity index (χ4n) is 2.65. The van der Waals surface area contributed by atoms with Crippen LogP contribution in [0.3, 0.4) is 0 Å². The van der Waals surface area contributed by atoms with Crippen molar-refractivity contribution in [3.63, 3.8) is 0 Å². The van der Waals surface area contributed by atoms with Crippen molar-refractivity contribution >= 4 is 17.9 Å². The van der Waals surface area contributed by atoms with E-state index in [4.69, 9.17) is 5.11 Å². The van der Waals surface area contributed by atoms with Crippen LogP contribution in [0, 0.1) is 5.92 Å². The lowest BCUT2D eigenvalue weighted by Gasteiger charge is -2.25. The number of hydrogen-bond acceptors (Lipinski definition) is 3. The average Bonchev–Trinajstić information content (AvgIpc) is 2.88. The van der Waals surface area contributed by atoms with E-state index in [1.807, 2.05) is 13.8 Å². The topological polar surface area (TPSA) is 90.0 Å². The van der Waals surface area contributed by atoms with E-state index in [1.165, 1.54) is 4.90 Å². The number of hydrogen-bond donors (Lipinski definition) is 2. The maximum Gasteiger partial charge on any atom is 0.317 e. The van der Waals surface area contributed by atoms with Gasteiger partial charge in [0.15, 0.2) is 0 Å². The summed E-state index contributed by atoms with van der Waals surface area (Å²) in [5.74, 6) is -1.51. The number of rotatable bonds is 6. The van der Waals surface area contributed by atoms with Crippen LogP contribution >= 0.6 is 0 Å². The number of carbonyl (C=O) groups excluding carboxylic acids is 2. The van der Waals surface area contributed by atoms with Crippen molar-refractivity contribution in [2.24, 2.45) is 5.92 Å². The molecular weight excluding hydrogens is 274 g/mol. The highest BCUT2D eigenvalue weighted by molar-refractivity contribution is 5.84. The second-order valence-electron chi connectivity index (χ2n) is 5.35. The third-order valence-corrected chi connectivity index (χ3v) is 3.98. The van der Waals surface area contributed by atoms with Gasteiger partial charge in [-0.05, 0) is 26.7 Å². The van der Waals surface area contributed by atoms with Crippen LogP contribution in [-0.2, 0) is 9.59 Å². The molecule has 1 rings (SSSR count). The number of nitrogens with zero attached hydrogens (tertiary/aromatic N) is 2. The zero-order chi connectivity index (χ0) is 16.0. The molecule has 0 saturated heterocycles. The Bertz CT molecular complexity index is 396. The molecule has 0 aromatic carbocycles. The zero-order valence-corrected chi connectivity index (χ0v) is 13.0. The Hall–Kier alpha value is -1.79. The molecule has 0 aromatic rings. The van der Waals surface area contributed by atoms with E-state index in [2.05, 4.69) is 5.32 Å². The molecule has 0 aromatic heterocycles. The summed E-state index contributed by atoms with van der Waals surface area (Å²) >= 11 is 0. The predicted molar refractivity (Wildman–Crippen MR) is 77.9 cm³/mol. The van der Waals surface area contributed by atoms with Crippen LogP contribution in [0.4, 0.5) is 4.79 Å². The first kappa shape index (κ1) is 17.3. The minimum Gasteiger partial charge on any atom is -0.481 e. The Balaban J connectivity index is 2.51. The van der Waals surface area contributed by atoms with Gasteiger partial charge in [0.05, 0.1) is 5.92 Å². The fourth-order valence-corrected chi connectivity index (χ4v) is 2.65. The van der Waals surface area contributed by atoms with E-state index in [9.17, 15) is 14.4 Å². The van der Waals surface area contributed by atoms with Crippen molar-refractivity contribution in [2.45, 2.75) is 39.2 Å². The first-order valence-corrected chi connectivity index (χ1v) is 7.42. The maximum absolute atomic E-state index is 12.1. The molecule has 7 nitrogen and oxygen atoms in total. The fraction of sp³-hybridized carbons (Fsp3) is 0.786. The minimum absolute atomic E-state index is 0.00201. The zero-order valence-electron chi connectivity index (χ0n) is 13.0. The van der Waals surface area contributed by atoms with Gasteiger partial charge < -0.3 is 20.2 Å². The standard InChI is InChI=1S/C14H25N3O4/c1-4-17(5-2)12(18)9-16(3)14(21)15-11-8-6-7-10(11)13(19)20/h10-11H,4-9H2,1-3H3,(H,15,21)(H,19,20). The van der Waals surface area contributed by atoms with Gasteiger partial charge >= 0.3 is 12.0 Å². The molecule has 0 bridgehead atoms. The summed E-state index contributed by atoms with van der Waals surface area (Å²) in [7, 11) is 1.54. The summed E-state index contributed by atoms with van der Waals surface area (Å²) in [6.07, 6.45) is 2.05. The van der Waals surface area contributed by atoms with Crippen molar-refractivity contribution in [2.75, 3.05) is 26.7 Å². The molecule has 0 heterocycles. The molecule has 7 heteroatoms. The van der Waals surface area contributed by atoms with Gasteiger partial charge in [-0.15, -0.1) is 0 Å². The smallest absolute Gasteiger partial charge is 0.317 e. The van der Waals surface area contributed by atoms with Crippen LogP contribution in [0.1, 0.15) is 33.1 Å². The van der Waals surface area contributed by atoms with Crippen molar-refractivity contribution in [1.82, 2.24) is 15.1 Å². The number of urea groups is 1. The summed E-state index contributed by atoms with van der Waals surface area (Å²) in [6.45, 7) is 4.98. The van der Waals surface area contributed by atoms with Crippen molar-refractivity contribution in [3.8, 4) is 0 Å². The lowest BCUT2D eigenvalue weighted by molar-refractivity contribution is -0.142. The molecule has 0 aliphatic heterocycles. The highest BCUT2D eigenvalue weighted by Gasteiger charge is 2.34. The second kappa shape index (κ2) is 7.85. The summed E-state index contributed by atoms with van der Waals surface area (Å²) in [5, 5.41) is 11.8. The Morgan fingerprint density at radius 3 is 2.33 bits per heavy atom. The molecular formula is C14H25N3O4. The Morgan fingerprint density at radius 1 is 1.19 bits per heavy atom. The maximum atomic E-state index is 12.1. The molecule has 1 saturated carbocycles. The van der Waals surface area contributed by atoms with E-state index in [-0.39, 0.29) is 18.5 Å². The molecule has 1 aliphatic rings. The lowest BCUT2D eigenvalue weighted by Crippen LogP contribution is -2.49. The Labute approximate surface area is 125 Å². The molecule has 0 spiro atoms. The van der Waals surface area contributed by atoms with Crippen molar-refractivity contribution in [3.05, 3.63) is 0 Å². The van der Waals surface area contributed by atoms with E-state index >= 15 is 0 Å². The van der Waals surface area contributed by atoms with Gasteiger partial charge in [-0.3, -0.25) is 9.59 Å². The summed E-state index contributed by atoms with van der Waals surface area (Å²) in [5.41, 5.74) is 0. The molecule has 0 radical (unpaired) electrons. The Morgan fingerprint density at radius 2 is 1.81 bits per heavy atom. The summed E-state index contributed by atoms with van der Waals surface area (Å²) in [6, 6.07) is -0.741. The number of amides is 3. The largest absolute Gasteiger partial charge is 0.481 e. The van der Waals surface area contributed by atoms with Gasteiger partial charge in [-0.2, -0.15) is 0 Å². The third-order valence-electron chi connectivity index (χ3n) is 3.98. The Kier molecular flexibility index (Phi) is 6.45. The highest BCUT2D eigenvalue weighted by Crippen LogP contribution is 2.25. The normalized spacial score (nSPS) is 20.9. The van der Waals surface area contributed by atoms with Crippen LogP contribution in [0.25, 0.3) is 0 Å². The molecule has 1 aliphatic carbocycles. The number of carboxylic acids is 1. The molecule has 1 fully saturated rings. The monoisotopic (exact) mass is 299 g/mol. The predicted octanol–water partition coefficient (Wildman–Crippen LogP) is 0.750. The molecule has 2 atom stereocenters. The van der Waals surface area contributed by atoms with Crippen LogP contribution in [0.5, 0.6) is 0 Å². The van der Waals surface area contributed by atoms with Crippen molar-refractivity contribution < 1.29 is 19.5 Å². The lowest BCUT2D eigenvalue weighted by atomic mass is 10.0. The average molecular weight is 299 g/mol. The van der Waals surface area contributed by atoms with E-state index in [0.717, 1.165) is 6.42 Å². The van der Waals surface area contributed by atoms with Crippen LogP contribution in [0.15, 0.2) is 0 Å². The number of likely N-dealkylation sites (N-methyl/N-ethyl adjacent to an activating group) is 2. The molecule has 2 N–H and O–H groups in total. The third kappa shape index (κ3) is 4.61. The summed E-state index contributed by atoms with van der Waals surface area (Å²) in [4.78, 5) is 38.0. The summed E-state index contributed by atoms with van der Waals surface area (Å²) < 4.78 is 0.